The molecule has 0 aliphatic heterocycles. The van der Waals surface area contributed by atoms with Crippen LogP contribution in [-0.4, -0.2) is 23.3 Å². The molecule has 1 aliphatic rings. The van der Waals surface area contributed by atoms with Crippen LogP contribution in [0, 0.1) is 0 Å². The van der Waals surface area contributed by atoms with Gasteiger partial charge in [0, 0.05) is 6.20 Å². The molecule has 0 spiro atoms. The molecule has 3 aromatic rings. The van der Waals surface area contributed by atoms with E-state index in [1.807, 2.05) is 12.1 Å². The molecule has 0 fully saturated rings. The Morgan fingerprint density at radius 3 is 2.21 bits per heavy atom. The lowest BCUT2D eigenvalue weighted by Crippen LogP contribution is -2.32. The van der Waals surface area contributed by atoms with Crippen molar-refractivity contribution in [3.05, 3.63) is 94.8 Å². The van der Waals surface area contributed by atoms with E-state index < -0.39 is 5.91 Å². The SMILES string of the molecule is NC(=O)c1cncc(NC(=O)CNC2c3ccccc3CCc3ccccc32)c1. The van der Waals surface area contributed by atoms with Crippen molar-refractivity contribution in [2.75, 3.05) is 11.9 Å². The number of hydrogen-bond acceptors (Lipinski definition) is 4. The molecule has 2 aromatic carbocycles. The number of rotatable bonds is 5. The van der Waals surface area contributed by atoms with Gasteiger partial charge in [0.15, 0.2) is 0 Å². The maximum absolute atomic E-state index is 12.5. The number of fused-ring (bicyclic) bond motifs is 2. The molecule has 2 amide bonds. The van der Waals surface area contributed by atoms with Gasteiger partial charge in [-0.3, -0.25) is 19.9 Å². The minimum absolute atomic E-state index is 0.0641. The predicted octanol–water partition coefficient (Wildman–Crippen LogP) is 2.60. The van der Waals surface area contributed by atoms with E-state index in [0.29, 0.717) is 5.69 Å². The fourth-order valence-electron chi connectivity index (χ4n) is 3.79. The quantitative estimate of drug-likeness (QED) is 0.628. The number of nitrogens with two attached hydrogens (primary N) is 1. The Balaban J connectivity index is 1.53. The molecule has 4 N–H and O–H groups in total. The van der Waals surface area contributed by atoms with E-state index in [-0.39, 0.29) is 24.1 Å². The van der Waals surface area contributed by atoms with E-state index in [9.17, 15) is 9.59 Å². The van der Waals surface area contributed by atoms with Crippen LogP contribution in [0.4, 0.5) is 5.69 Å². The summed E-state index contributed by atoms with van der Waals surface area (Å²) in [4.78, 5) is 27.8. The van der Waals surface area contributed by atoms with Gasteiger partial charge in [0.1, 0.15) is 0 Å². The lowest BCUT2D eigenvalue weighted by Gasteiger charge is -2.21. The molecule has 1 aliphatic carbocycles. The summed E-state index contributed by atoms with van der Waals surface area (Å²) in [5.74, 6) is -0.800. The standard InChI is InChI=1S/C23H22N4O2/c24-23(29)17-11-18(13-25-12-17)27-21(28)14-26-22-19-7-3-1-5-15(19)9-10-16-6-2-4-8-20(16)22/h1-8,11-13,22,26H,9-10,14H2,(H2,24,29)(H,27,28). The molecule has 1 heterocycles. The monoisotopic (exact) mass is 386 g/mol. The van der Waals surface area contributed by atoms with Gasteiger partial charge in [-0.05, 0) is 41.2 Å². The molecule has 1 aromatic heterocycles. The minimum atomic E-state index is -0.585. The number of carbonyl (C=O) groups is 2. The number of anilines is 1. The topological polar surface area (TPSA) is 97.1 Å². The van der Waals surface area contributed by atoms with Crippen molar-refractivity contribution >= 4 is 17.5 Å². The van der Waals surface area contributed by atoms with Gasteiger partial charge in [-0.1, -0.05) is 48.5 Å². The molecule has 4 rings (SSSR count). The Morgan fingerprint density at radius 1 is 0.966 bits per heavy atom. The zero-order valence-corrected chi connectivity index (χ0v) is 15.9. The van der Waals surface area contributed by atoms with Gasteiger partial charge in [-0.15, -0.1) is 0 Å². The van der Waals surface area contributed by atoms with E-state index in [0.717, 1.165) is 12.8 Å². The van der Waals surface area contributed by atoms with E-state index in [1.165, 1.54) is 40.7 Å². The number of pyridine rings is 1. The second-order valence-corrected chi connectivity index (χ2v) is 7.09. The summed E-state index contributed by atoms with van der Waals surface area (Å²) in [5.41, 5.74) is 10.9. The van der Waals surface area contributed by atoms with Crippen molar-refractivity contribution in [3.63, 3.8) is 0 Å². The van der Waals surface area contributed by atoms with Crippen LogP contribution >= 0.6 is 0 Å². The molecule has 29 heavy (non-hydrogen) atoms. The number of aromatic nitrogens is 1. The summed E-state index contributed by atoms with van der Waals surface area (Å²) in [5, 5.41) is 6.18. The normalized spacial score (nSPS) is 13.1. The Kier molecular flexibility index (Phi) is 5.35. The van der Waals surface area contributed by atoms with Crippen LogP contribution in [0.5, 0.6) is 0 Å². The first-order chi connectivity index (χ1) is 14.1. The summed E-state index contributed by atoms with van der Waals surface area (Å²) >= 11 is 0. The van der Waals surface area contributed by atoms with Crippen LogP contribution in [-0.2, 0) is 17.6 Å². The Hall–Kier alpha value is -3.51. The molecule has 6 nitrogen and oxygen atoms in total. The first-order valence-electron chi connectivity index (χ1n) is 9.55. The zero-order chi connectivity index (χ0) is 20.2. The average molecular weight is 386 g/mol. The van der Waals surface area contributed by atoms with Crippen molar-refractivity contribution in [1.29, 1.82) is 0 Å². The highest BCUT2D eigenvalue weighted by molar-refractivity contribution is 5.96. The highest BCUT2D eigenvalue weighted by atomic mass is 16.2. The summed E-state index contributed by atoms with van der Waals surface area (Å²) < 4.78 is 0. The largest absolute Gasteiger partial charge is 0.366 e. The van der Waals surface area contributed by atoms with E-state index in [1.54, 1.807) is 0 Å². The van der Waals surface area contributed by atoms with Crippen LogP contribution in [0.15, 0.2) is 67.0 Å². The fourth-order valence-corrected chi connectivity index (χ4v) is 3.79. The van der Waals surface area contributed by atoms with E-state index in [4.69, 9.17) is 5.73 Å². The molecule has 0 saturated carbocycles. The van der Waals surface area contributed by atoms with Crippen molar-refractivity contribution in [2.24, 2.45) is 5.73 Å². The number of hydrogen-bond donors (Lipinski definition) is 3. The van der Waals surface area contributed by atoms with Crippen LogP contribution in [0.25, 0.3) is 0 Å². The summed E-state index contributed by atoms with van der Waals surface area (Å²) in [6, 6.07) is 18.2. The number of amides is 2. The van der Waals surface area contributed by atoms with Crippen molar-refractivity contribution in [1.82, 2.24) is 10.3 Å². The molecule has 0 atom stereocenters. The lowest BCUT2D eigenvalue weighted by atomic mass is 9.94. The number of nitrogens with zero attached hydrogens (tertiary/aromatic N) is 1. The molecule has 146 valence electrons. The van der Waals surface area contributed by atoms with Gasteiger partial charge in [-0.25, -0.2) is 0 Å². The number of nitrogens with one attached hydrogen (secondary N) is 2. The maximum Gasteiger partial charge on any atom is 0.250 e. The van der Waals surface area contributed by atoms with Gasteiger partial charge < -0.3 is 11.1 Å². The molecule has 6 heteroatoms. The molecule has 0 radical (unpaired) electrons. The van der Waals surface area contributed by atoms with Gasteiger partial charge in [0.05, 0.1) is 30.0 Å². The number of aryl methyl sites for hydroxylation is 2. The van der Waals surface area contributed by atoms with Crippen molar-refractivity contribution < 1.29 is 9.59 Å². The van der Waals surface area contributed by atoms with E-state index >= 15 is 0 Å². The Bertz CT molecular complexity index is 1020. The molecule has 0 saturated heterocycles. The van der Waals surface area contributed by atoms with Crippen LogP contribution in [0.2, 0.25) is 0 Å². The third-order valence-electron chi connectivity index (χ3n) is 5.17. The first kappa shape index (κ1) is 18.8. The molecular formula is C23H22N4O2. The Labute approximate surface area is 169 Å². The van der Waals surface area contributed by atoms with Crippen molar-refractivity contribution in [3.8, 4) is 0 Å². The Morgan fingerprint density at radius 2 is 1.59 bits per heavy atom. The van der Waals surface area contributed by atoms with Gasteiger partial charge in [-0.2, -0.15) is 0 Å². The summed E-state index contributed by atoms with van der Waals surface area (Å²) in [7, 11) is 0. The van der Waals surface area contributed by atoms with Crippen LogP contribution in [0.3, 0.4) is 0 Å². The third kappa shape index (κ3) is 4.17. The van der Waals surface area contributed by atoms with Crippen LogP contribution < -0.4 is 16.4 Å². The number of benzene rings is 2. The fraction of sp³-hybridized carbons (Fsp3) is 0.174. The molecule has 0 unspecified atom stereocenters. The summed E-state index contributed by atoms with van der Waals surface area (Å²) in [6.45, 7) is 0.119. The maximum atomic E-state index is 12.5. The molecule has 0 bridgehead atoms. The lowest BCUT2D eigenvalue weighted by molar-refractivity contribution is -0.115. The third-order valence-corrected chi connectivity index (χ3v) is 5.17. The van der Waals surface area contributed by atoms with Gasteiger partial charge in [0.2, 0.25) is 11.8 Å². The number of primary amides is 1. The zero-order valence-electron chi connectivity index (χ0n) is 15.9. The second kappa shape index (κ2) is 8.24. The van der Waals surface area contributed by atoms with Gasteiger partial charge in [0.25, 0.3) is 0 Å². The van der Waals surface area contributed by atoms with Crippen molar-refractivity contribution in [2.45, 2.75) is 18.9 Å². The van der Waals surface area contributed by atoms with Crippen LogP contribution in [0.1, 0.15) is 38.7 Å². The summed E-state index contributed by atoms with van der Waals surface area (Å²) in [6.07, 6.45) is 4.81. The minimum Gasteiger partial charge on any atom is -0.366 e. The average Bonchev–Trinajstić information content (AvgIpc) is 2.89. The van der Waals surface area contributed by atoms with Gasteiger partial charge >= 0.3 is 0 Å². The smallest absolute Gasteiger partial charge is 0.250 e. The number of carbonyl (C=O) groups excluding carboxylic acids is 2. The van der Waals surface area contributed by atoms with E-state index in [2.05, 4.69) is 52.0 Å². The molecular weight excluding hydrogens is 364 g/mol. The highest BCUT2D eigenvalue weighted by Crippen LogP contribution is 2.32. The highest BCUT2D eigenvalue weighted by Gasteiger charge is 2.23. The second-order valence-electron chi connectivity index (χ2n) is 7.09. The predicted molar refractivity (Wildman–Crippen MR) is 112 cm³/mol. The first-order valence-corrected chi connectivity index (χ1v) is 9.55.